The minimum Gasteiger partial charge on any atom is -0.459 e. The second-order valence-electron chi connectivity index (χ2n) is 5.67. The number of rotatable bonds is 2. The molecule has 1 aliphatic rings. The Morgan fingerprint density at radius 1 is 1.39 bits per heavy atom. The number of aryl methyl sites for hydroxylation is 2. The highest BCUT2D eigenvalue weighted by atomic mass is 32.1. The maximum Gasteiger partial charge on any atom is 0.273 e. The molecule has 0 aliphatic carbocycles. The first kappa shape index (κ1) is 14.2. The minimum absolute atomic E-state index is 0.0490. The van der Waals surface area contributed by atoms with Crippen molar-refractivity contribution in [2.24, 2.45) is 7.05 Å². The van der Waals surface area contributed by atoms with E-state index in [0.717, 1.165) is 22.9 Å². The number of imidazole rings is 1. The van der Waals surface area contributed by atoms with Crippen LogP contribution < -0.4 is 0 Å². The minimum atomic E-state index is -0.0490. The number of carbonyl (C=O) groups excluding carboxylic acids is 1. The van der Waals surface area contributed by atoms with Crippen LogP contribution in [-0.4, -0.2) is 31.9 Å². The predicted molar refractivity (Wildman–Crippen MR) is 86.2 cm³/mol. The van der Waals surface area contributed by atoms with Gasteiger partial charge < -0.3 is 13.9 Å². The summed E-state index contributed by atoms with van der Waals surface area (Å²) in [4.78, 5) is 23.3. The molecule has 3 aromatic rings. The van der Waals surface area contributed by atoms with Crippen molar-refractivity contribution in [3.63, 3.8) is 0 Å². The van der Waals surface area contributed by atoms with E-state index in [1.807, 2.05) is 35.6 Å². The lowest BCUT2D eigenvalue weighted by Crippen LogP contribution is -2.36. The van der Waals surface area contributed by atoms with Gasteiger partial charge in [0.05, 0.1) is 18.6 Å². The molecule has 0 saturated carbocycles. The van der Waals surface area contributed by atoms with Gasteiger partial charge in [-0.05, 0) is 19.1 Å². The normalized spacial score (nSPS) is 14.1. The molecule has 118 valence electrons. The summed E-state index contributed by atoms with van der Waals surface area (Å²) < 4.78 is 7.59. The summed E-state index contributed by atoms with van der Waals surface area (Å²) in [6.07, 6.45) is 2.63. The van der Waals surface area contributed by atoms with Crippen molar-refractivity contribution in [1.29, 1.82) is 0 Å². The number of hydrogen-bond acceptors (Lipinski definition) is 5. The predicted octanol–water partition coefficient (Wildman–Crippen LogP) is 2.64. The van der Waals surface area contributed by atoms with Gasteiger partial charge in [0.2, 0.25) is 0 Å². The topological polar surface area (TPSA) is 64.2 Å². The highest BCUT2D eigenvalue weighted by molar-refractivity contribution is 7.13. The number of thiazole rings is 1. The quantitative estimate of drug-likeness (QED) is 0.725. The first-order chi connectivity index (χ1) is 11.1. The molecule has 0 unspecified atom stereocenters. The molecule has 0 spiro atoms. The SMILES string of the molecule is Cc1ccc(-c2nc(C(=O)N3CCc4c(ncn4C)C3)cs2)o1. The standard InChI is InChI=1S/C16H16N4O2S/c1-10-3-4-14(22-10)15-18-12(8-23-15)16(21)20-6-5-13-11(7-20)17-9-19(13)2/h3-4,8-9H,5-7H2,1-2H3. The first-order valence-electron chi connectivity index (χ1n) is 7.42. The fourth-order valence-corrected chi connectivity index (χ4v) is 3.58. The second-order valence-corrected chi connectivity index (χ2v) is 6.53. The Morgan fingerprint density at radius 2 is 2.26 bits per heavy atom. The van der Waals surface area contributed by atoms with Crippen LogP contribution >= 0.6 is 11.3 Å². The summed E-state index contributed by atoms with van der Waals surface area (Å²) in [5, 5.41) is 2.53. The number of fused-ring (bicyclic) bond motifs is 1. The van der Waals surface area contributed by atoms with E-state index in [1.165, 1.54) is 17.0 Å². The van der Waals surface area contributed by atoms with Crippen molar-refractivity contribution in [2.75, 3.05) is 6.54 Å². The molecule has 1 amide bonds. The number of aromatic nitrogens is 3. The van der Waals surface area contributed by atoms with E-state index in [0.29, 0.717) is 24.5 Å². The average Bonchev–Trinajstić information content (AvgIpc) is 3.26. The number of hydrogen-bond donors (Lipinski definition) is 0. The van der Waals surface area contributed by atoms with Gasteiger partial charge in [0.1, 0.15) is 11.5 Å². The fourth-order valence-electron chi connectivity index (χ4n) is 2.83. The zero-order chi connectivity index (χ0) is 16.0. The Bertz CT molecular complexity index is 876. The molecule has 0 fully saturated rings. The van der Waals surface area contributed by atoms with Gasteiger partial charge in [0.25, 0.3) is 5.91 Å². The highest BCUT2D eigenvalue weighted by Crippen LogP contribution is 2.27. The van der Waals surface area contributed by atoms with Gasteiger partial charge in [-0.1, -0.05) is 0 Å². The van der Waals surface area contributed by atoms with Gasteiger partial charge in [-0.25, -0.2) is 9.97 Å². The van der Waals surface area contributed by atoms with Gasteiger partial charge in [-0.15, -0.1) is 11.3 Å². The van der Waals surface area contributed by atoms with E-state index in [-0.39, 0.29) is 5.91 Å². The van der Waals surface area contributed by atoms with E-state index in [1.54, 1.807) is 11.7 Å². The molecule has 7 heteroatoms. The van der Waals surface area contributed by atoms with Crippen molar-refractivity contribution >= 4 is 17.2 Å². The van der Waals surface area contributed by atoms with Crippen LogP contribution in [0.5, 0.6) is 0 Å². The summed E-state index contributed by atoms with van der Waals surface area (Å²) in [6.45, 7) is 3.13. The van der Waals surface area contributed by atoms with Gasteiger partial charge in [-0.3, -0.25) is 4.79 Å². The molecule has 6 nitrogen and oxygen atoms in total. The summed E-state index contributed by atoms with van der Waals surface area (Å²) in [6, 6.07) is 3.77. The van der Waals surface area contributed by atoms with Crippen LogP contribution in [0.2, 0.25) is 0 Å². The molecule has 3 aromatic heterocycles. The van der Waals surface area contributed by atoms with Crippen LogP contribution in [0.15, 0.2) is 28.3 Å². The third kappa shape index (κ3) is 2.46. The maximum absolute atomic E-state index is 12.7. The van der Waals surface area contributed by atoms with E-state index in [2.05, 4.69) is 9.97 Å². The van der Waals surface area contributed by atoms with E-state index < -0.39 is 0 Å². The molecule has 1 aliphatic heterocycles. The fraction of sp³-hybridized carbons (Fsp3) is 0.312. The smallest absolute Gasteiger partial charge is 0.273 e. The number of carbonyl (C=O) groups is 1. The Labute approximate surface area is 137 Å². The van der Waals surface area contributed by atoms with Crippen molar-refractivity contribution in [3.8, 4) is 10.8 Å². The van der Waals surface area contributed by atoms with E-state index >= 15 is 0 Å². The largest absolute Gasteiger partial charge is 0.459 e. The molecule has 0 bridgehead atoms. The third-order valence-corrected chi connectivity index (χ3v) is 4.92. The third-order valence-electron chi connectivity index (χ3n) is 4.07. The van der Waals surface area contributed by atoms with Gasteiger partial charge in [0, 0.05) is 31.1 Å². The summed E-state index contributed by atoms with van der Waals surface area (Å²) in [7, 11) is 1.99. The molecular formula is C16H16N4O2S. The van der Waals surface area contributed by atoms with Crippen molar-refractivity contribution in [2.45, 2.75) is 19.9 Å². The molecule has 23 heavy (non-hydrogen) atoms. The van der Waals surface area contributed by atoms with Crippen molar-refractivity contribution in [3.05, 3.63) is 46.7 Å². The number of nitrogens with zero attached hydrogens (tertiary/aromatic N) is 4. The Balaban J connectivity index is 1.55. The molecule has 0 atom stereocenters. The molecule has 0 radical (unpaired) electrons. The first-order valence-corrected chi connectivity index (χ1v) is 8.30. The monoisotopic (exact) mass is 328 g/mol. The van der Waals surface area contributed by atoms with Crippen LogP contribution in [-0.2, 0) is 20.0 Å². The summed E-state index contributed by atoms with van der Waals surface area (Å²) >= 11 is 1.43. The van der Waals surface area contributed by atoms with Crippen LogP contribution in [0.3, 0.4) is 0 Å². The second kappa shape index (κ2) is 5.34. The van der Waals surface area contributed by atoms with Crippen molar-refractivity contribution in [1.82, 2.24) is 19.4 Å². The molecule has 0 aromatic carbocycles. The van der Waals surface area contributed by atoms with E-state index in [4.69, 9.17) is 4.42 Å². The summed E-state index contributed by atoms with van der Waals surface area (Å²) in [5.74, 6) is 1.49. The molecule has 4 rings (SSSR count). The van der Waals surface area contributed by atoms with Gasteiger partial charge in [-0.2, -0.15) is 0 Å². The zero-order valence-electron chi connectivity index (χ0n) is 12.9. The average molecular weight is 328 g/mol. The van der Waals surface area contributed by atoms with Crippen LogP contribution in [0, 0.1) is 6.92 Å². The Kier molecular flexibility index (Phi) is 3.30. The van der Waals surface area contributed by atoms with Gasteiger partial charge >= 0.3 is 0 Å². The Hall–Kier alpha value is -2.41. The highest BCUT2D eigenvalue weighted by Gasteiger charge is 2.26. The van der Waals surface area contributed by atoms with Crippen LogP contribution in [0.1, 0.15) is 27.6 Å². The molecule has 0 N–H and O–H groups in total. The van der Waals surface area contributed by atoms with Crippen LogP contribution in [0.25, 0.3) is 10.8 Å². The van der Waals surface area contributed by atoms with Crippen molar-refractivity contribution < 1.29 is 9.21 Å². The van der Waals surface area contributed by atoms with Crippen LogP contribution in [0.4, 0.5) is 0 Å². The van der Waals surface area contributed by atoms with E-state index in [9.17, 15) is 4.79 Å². The zero-order valence-corrected chi connectivity index (χ0v) is 13.8. The summed E-state index contributed by atoms with van der Waals surface area (Å²) in [5.41, 5.74) is 2.65. The Morgan fingerprint density at radius 3 is 3.04 bits per heavy atom. The number of furan rings is 1. The molecular weight excluding hydrogens is 312 g/mol. The molecule has 4 heterocycles. The lowest BCUT2D eigenvalue weighted by atomic mass is 10.1. The van der Waals surface area contributed by atoms with Gasteiger partial charge in [0.15, 0.2) is 10.8 Å². The lowest BCUT2D eigenvalue weighted by molar-refractivity contribution is 0.0726. The lowest BCUT2D eigenvalue weighted by Gasteiger charge is -2.26. The maximum atomic E-state index is 12.7. The molecule has 0 saturated heterocycles. The number of amides is 1.